The Labute approximate surface area is 325 Å². The highest BCUT2D eigenvalue weighted by molar-refractivity contribution is 5.76. The van der Waals surface area contributed by atoms with Crippen molar-refractivity contribution in [3.8, 4) is 0 Å². The third kappa shape index (κ3) is 39.8. The normalized spacial score (nSPS) is 13.2. The van der Waals surface area contributed by atoms with Gasteiger partial charge in [0.15, 0.2) is 0 Å². The van der Waals surface area contributed by atoms with Gasteiger partial charge in [-0.25, -0.2) is 0 Å². The van der Waals surface area contributed by atoms with Crippen LogP contribution in [0.5, 0.6) is 0 Å². The maximum Gasteiger partial charge on any atom is 0.220 e. The van der Waals surface area contributed by atoms with Crippen LogP contribution in [0.15, 0.2) is 36.5 Å². The zero-order chi connectivity index (χ0) is 37.8. The van der Waals surface area contributed by atoms with Crippen LogP contribution in [-0.4, -0.2) is 34.9 Å². The maximum atomic E-state index is 12.4. The van der Waals surface area contributed by atoms with Crippen LogP contribution in [0.25, 0.3) is 0 Å². The standard InChI is InChI=1S/C48H91NO3/c1-3-5-7-9-11-13-14-15-16-17-18-19-20-21-22-23-24-25-26-27-28-29-30-31-32-33-34-36-38-40-42-44-48(52)49-46(45-50)47(51)43-41-39-37-35-12-10-8-6-4-2/h14-15,17-18,20-21,46-47,50-51H,3-13,16,19,22-45H2,1-2H3,(H,49,52)/b15-14-,18-17-,21-20-. The van der Waals surface area contributed by atoms with Crippen LogP contribution in [-0.2, 0) is 4.79 Å². The number of unbranched alkanes of at least 4 members (excludes halogenated alkanes) is 29. The lowest BCUT2D eigenvalue weighted by Crippen LogP contribution is -2.45. The summed E-state index contributed by atoms with van der Waals surface area (Å²) >= 11 is 0. The van der Waals surface area contributed by atoms with Gasteiger partial charge in [-0.15, -0.1) is 0 Å². The van der Waals surface area contributed by atoms with Crippen molar-refractivity contribution in [2.45, 2.75) is 257 Å². The van der Waals surface area contributed by atoms with Gasteiger partial charge in [-0.3, -0.25) is 4.79 Å². The van der Waals surface area contributed by atoms with Gasteiger partial charge in [-0.1, -0.05) is 224 Å². The Morgan fingerprint density at radius 2 is 0.788 bits per heavy atom. The second-order valence-corrected chi connectivity index (χ2v) is 15.8. The van der Waals surface area contributed by atoms with E-state index < -0.39 is 12.1 Å². The third-order valence-electron chi connectivity index (χ3n) is 10.7. The van der Waals surface area contributed by atoms with E-state index in [9.17, 15) is 15.0 Å². The number of aliphatic hydroxyl groups is 2. The van der Waals surface area contributed by atoms with Gasteiger partial charge in [0, 0.05) is 6.42 Å². The molecule has 0 saturated heterocycles. The fraction of sp³-hybridized carbons (Fsp3) is 0.854. The molecule has 3 N–H and O–H groups in total. The van der Waals surface area contributed by atoms with Crippen molar-refractivity contribution < 1.29 is 15.0 Å². The van der Waals surface area contributed by atoms with E-state index in [1.165, 1.54) is 180 Å². The molecule has 0 spiro atoms. The van der Waals surface area contributed by atoms with E-state index in [0.29, 0.717) is 12.8 Å². The molecule has 0 fully saturated rings. The van der Waals surface area contributed by atoms with Crippen molar-refractivity contribution in [1.82, 2.24) is 5.32 Å². The van der Waals surface area contributed by atoms with E-state index in [1.807, 2.05) is 0 Å². The van der Waals surface area contributed by atoms with Crippen molar-refractivity contribution in [3.05, 3.63) is 36.5 Å². The summed E-state index contributed by atoms with van der Waals surface area (Å²) in [5.74, 6) is -0.0329. The minimum atomic E-state index is -0.655. The summed E-state index contributed by atoms with van der Waals surface area (Å²) in [6.45, 7) is 4.33. The first-order valence-electron chi connectivity index (χ1n) is 23.2. The number of allylic oxidation sites excluding steroid dienone is 6. The summed E-state index contributed by atoms with van der Waals surface area (Å²) in [5.41, 5.74) is 0. The van der Waals surface area contributed by atoms with Gasteiger partial charge in [0.05, 0.1) is 18.8 Å². The number of carbonyl (C=O) groups is 1. The van der Waals surface area contributed by atoms with Crippen LogP contribution >= 0.6 is 0 Å². The lowest BCUT2D eigenvalue weighted by atomic mass is 10.0. The Kier molecular flexibility index (Phi) is 42.8. The quantitative estimate of drug-likeness (QED) is 0.0433. The van der Waals surface area contributed by atoms with Gasteiger partial charge < -0.3 is 15.5 Å². The van der Waals surface area contributed by atoms with E-state index in [2.05, 4.69) is 55.6 Å². The first-order chi connectivity index (χ1) is 25.7. The summed E-state index contributed by atoms with van der Waals surface area (Å²) in [6.07, 6.45) is 58.2. The molecule has 1 amide bonds. The van der Waals surface area contributed by atoms with Crippen molar-refractivity contribution in [2.24, 2.45) is 0 Å². The SMILES string of the molecule is CCCCCCC/C=C\C/C=C\C/C=C\CCCCCCCCCCCCCCCCCCC(=O)NC(CO)C(O)CCCCCCCCCCC. The fourth-order valence-electron chi connectivity index (χ4n) is 7.07. The van der Waals surface area contributed by atoms with E-state index in [0.717, 1.165) is 38.5 Å². The third-order valence-corrected chi connectivity index (χ3v) is 10.7. The maximum absolute atomic E-state index is 12.4. The topological polar surface area (TPSA) is 69.6 Å². The number of carbonyl (C=O) groups excluding carboxylic acids is 1. The molecule has 2 atom stereocenters. The lowest BCUT2D eigenvalue weighted by Gasteiger charge is -2.22. The van der Waals surface area contributed by atoms with Gasteiger partial charge >= 0.3 is 0 Å². The zero-order valence-electron chi connectivity index (χ0n) is 35.1. The molecular formula is C48H91NO3. The molecule has 0 aliphatic rings. The van der Waals surface area contributed by atoms with Gasteiger partial charge in [-0.05, 0) is 51.4 Å². The predicted octanol–water partition coefficient (Wildman–Crippen LogP) is 14.6. The Morgan fingerprint density at radius 3 is 1.17 bits per heavy atom. The number of aliphatic hydroxyl groups excluding tert-OH is 2. The van der Waals surface area contributed by atoms with E-state index >= 15 is 0 Å². The molecular weight excluding hydrogens is 639 g/mol. The zero-order valence-corrected chi connectivity index (χ0v) is 35.1. The average Bonchev–Trinajstić information content (AvgIpc) is 3.15. The molecule has 0 radical (unpaired) electrons. The molecule has 0 rings (SSSR count). The summed E-state index contributed by atoms with van der Waals surface area (Å²) in [4.78, 5) is 12.4. The average molecular weight is 730 g/mol. The van der Waals surface area contributed by atoms with Crippen molar-refractivity contribution >= 4 is 5.91 Å². The van der Waals surface area contributed by atoms with E-state index in [-0.39, 0.29) is 12.5 Å². The van der Waals surface area contributed by atoms with E-state index in [1.54, 1.807) is 0 Å². The van der Waals surface area contributed by atoms with Crippen LogP contribution in [0, 0.1) is 0 Å². The molecule has 0 aromatic carbocycles. The smallest absolute Gasteiger partial charge is 0.220 e. The highest BCUT2D eigenvalue weighted by Gasteiger charge is 2.20. The van der Waals surface area contributed by atoms with Crippen LogP contribution in [0.2, 0.25) is 0 Å². The first kappa shape index (κ1) is 50.6. The number of hydrogen-bond acceptors (Lipinski definition) is 3. The van der Waals surface area contributed by atoms with Crippen molar-refractivity contribution in [1.29, 1.82) is 0 Å². The first-order valence-corrected chi connectivity index (χ1v) is 23.2. The minimum absolute atomic E-state index is 0.0329. The molecule has 0 aliphatic carbocycles. The molecule has 0 aromatic heterocycles. The summed E-state index contributed by atoms with van der Waals surface area (Å²) in [6, 6.07) is -0.533. The molecule has 0 aromatic rings. The van der Waals surface area contributed by atoms with Gasteiger partial charge in [-0.2, -0.15) is 0 Å². The molecule has 52 heavy (non-hydrogen) atoms. The molecule has 0 aliphatic heterocycles. The Morgan fingerprint density at radius 1 is 0.462 bits per heavy atom. The van der Waals surface area contributed by atoms with Gasteiger partial charge in [0.2, 0.25) is 5.91 Å². The molecule has 306 valence electrons. The Bertz CT molecular complexity index is 790. The van der Waals surface area contributed by atoms with E-state index in [4.69, 9.17) is 0 Å². The molecule has 4 heteroatoms. The molecule has 4 nitrogen and oxygen atoms in total. The molecule has 2 unspecified atom stereocenters. The summed E-state index contributed by atoms with van der Waals surface area (Å²) in [7, 11) is 0. The number of nitrogens with one attached hydrogen (secondary N) is 1. The monoisotopic (exact) mass is 730 g/mol. The van der Waals surface area contributed by atoms with Crippen LogP contribution in [0.3, 0.4) is 0 Å². The van der Waals surface area contributed by atoms with Crippen LogP contribution in [0.1, 0.15) is 245 Å². The largest absolute Gasteiger partial charge is 0.394 e. The van der Waals surface area contributed by atoms with Gasteiger partial charge in [0.25, 0.3) is 0 Å². The van der Waals surface area contributed by atoms with Crippen molar-refractivity contribution in [3.63, 3.8) is 0 Å². The highest BCUT2D eigenvalue weighted by Crippen LogP contribution is 2.16. The molecule has 0 saturated carbocycles. The molecule has 0 heterocycles. The minimum Gasteiger partial charge on any atom is -0.394 e. The van der Waals surface area contributed by atoms with Crippen LogP contribution < -0.4 is 5.32 Å². The lowest BCUT2D eigenvalue weighted by molar-refractivity contribution is -0.123. The predicted molar refractivity (Wildman–Crippen MR) is 230 cm³/mol. The van der Waals surface area contributed by atoms with Crippen LogP contribution in [0.4, 0.5) is 0 Å². The van der Waals surface area contributed by atoms with Crippen molar-refractivity contribution in [2.75, 3.05) is 6.61 Å². The summed E-state index contributed by atoms with van der Waals surface area (Å²) in [5, 5.41) is 23.0. The number of amides is 1. The Hall–Kier alpha value is -1.39. The Balaban J connectivity index is 3.42. The fourth-order valence-corrected chi connectivity index (χ4v) is 7.07. The number of hydrogen-bond donors (Lipinski definition) is 3. The molecule has 0 bridgehead atoms. The number of rotatable bonds is 42. The van der Waals surface area contributed by atoms with Gasteiger partial charge in [0.1, 0.15) is 0 Å². The summed E-state index contributed by atoms with van der Waals surface area (Å²) < 4.78 is 0. The second kappa shape index (κ2) is 44.0. The highest BCUT2D eigenvalue weighted by atomic mass is 16.3. The second-order valence-electron chi connectivity index (χ2n) is 15.8.